The number of nitrogens with zero attached hydrogens (tertiary/aromatic N) is 1. The number of nitrogens with one attached hydrogen (secondary N) is 1. The van der Waals surface area contributed by atoms with Crippen LogP contribution in [-0.2, 0) is 4.79 Å². The zero-order chi connectivity index (χ0) is 17.9. The molecule has 2 amide bonds. The van der Waals surface area contributed by atoms with Gasteiger partial charge < -0.3 is 10.2 Å². The molecule has 1 aromatic carbocycles. The van der Waals surface area contributed by atoms with E-state index in [1.165, 1.54) is 0 Å². The van der Waals surface area contributed by atoms with Gasteiger partial charge in [-0.15, -0.1) is 11.8 Å². The molecule has 0 spiro atoms. The minimum atomic E-state index is -0.400. The van der Waals surface area contributed by atoms with Crippen molar-refractivity contribution in [2.75, 3.05) is 5.75 Å². The fraction of sp³-hybridized carbons (Fsp3) is 0.579. The molecule has 0 aromatic heterocycles. The molecule has 1 fully saturated rings. The third-order valence-corrected chi connectivity index (χ3v) is 6.14. The van der Waals surface area contributed by atoms with Gasteiger partial charge in [0.1, 0.15) is 6.04 Å². The number of aryl methyl sites for hydroxylation is 1. The van der Waals surface area contributed by atoms with Crippen molar-refractivity contribution in [3.05, 3.63) is 35.4 Å². The summed E-state index contributed by atoms with van der Waals surface area (Å²) in [5.41, 5.74) is 1.63. The third-order valence-electron chi connectivity index (χ3n) is 4.52. The number of carbonyl (C=O) groups excluding carboxylic acids is 2. The molecular weight excluding hydrogens is 320 g/mol. The van der Waals surface area contributed by atoms with Crippen molar-refractivity contribution in [3.8, 4) is 0 Å². The van der Waals surface area contributed by atoms with Gasteiger partial charge in [0.05, 0.1) is 5.37 Å². The molecule has 0 radical (unpaired) electrons. The van der Waals surface area contributed by atoms with E-state index in [0.29, 0.717) is 17.2 Å². The highest BCUT2D eigenvalue weighted by molar-refractivity contribution is 8.00. The molecule has 1 aliphatic rings. The molecule has 3 atom stereocenters. The molecule has 0 bridgehead atoms. The summed E-state index contributed by atoms with van der Waals surface area (Å²) in [4.78, 5) is 27.7. The molecule has 1 heterocycles. The molecule has 4 nitrogen and oxygen atoms in total. The highest BCUT2D eigenvalue weighted by atomic mass is 32.2. The first-order chi connectivity index (χ1) is 11.4. The minimum absolute atomic E-state index is 0.0322. The first kappa shape index (κ1) is 18.8. The zero-order valence-corrected chi connectivity index (χ0v) is 16.0. The van der Waals surface area contributed by atoms with E-state index in [0.717, 1.165) is 12.0 Å². The smallest absolute Gasteiger partial charge is 0.255 e. The summed E-state index contributed by atoms with van der Waals surface area (Å²) in [7, 11) is 0. The van der Waals surface area contributed by atoms with Crippen LogP contribution < -0.4 is 5.32 Å². The lowest BCUT2D eigenvalue weighted by Crippen LogP contribution is -2.52. The molecule has 1 aliphatic heterocycles. The Labute approximate surface area is 149 Å². The first-order valence-corrected chi connectivity index (χ1v) is 9.72. The number of carbonyl (C=O) groups is 2. The van der Waals surface area contributed by atoms with Crippen molar-refractivity contribution in [2.45, 2.75) is 58.5 Å². The number of hydrogen-bond donors (Lipinski definition) is 1. The van der Waals surface area contributed by atoms with E-state index in [4.69, 9.17) is 0 Å². The second-order valence-electron chi connectivity index (χ2n) is 6.83. The quantitative estimate of drug-likeness (QED) is 0.887. The van der Waals surface area contributed by atoms with Gasteiger partial charge in [0.15, 0.2) is 0 Å². The monoisotopic (exact) mass is 348 g/mol. The van der Waals surface area contributed by atoms with E-state index < -0.39 is 6.04 Å². The van der Waals surface area contributed by atoms with Gasteiger partial charge in [-0.3, -0.25) is 9.59 Å². The standard InChI is InChI=1S/C19H28N2O2S/c1-6-14(5)20-17(22)16-11-24-19(12(2)3)21(16)18(23)15-10-8-7-9-13(15)4/h7-10,12,14,16,19H,6,11H2,1-5H3,(H,20,22). The molecule has 1 saturated heterocycles. The van der Waals surface area contributed by atoms with Crippen molar-refractivity contribution in [1.29, 1.82) is 0 Å². The molecule has 1 aromatic rings. The average molecular weight is 349 g/mol. The summed E-state index contributed by atoms with van der Waals surface area (Å²) < 4.78 is 0. The molecule has 0 saturated carbocycles. The van der Waals surface area contributed by atoms with E-state index in [-0.39, 0.29) is 23.2 Å². The Balaban J connectivity index is 2.30. The summed E-state index contributed by atoms with van der Waals surface area (Å²) in [5, 5.41) is 3.07. The number of thioether (sulfide) groups is 1. The van der Waals surface area contributed by atoms with E-state index in [1.807, 2.05) is 45.0 Å². The van der Waals surface area contributed by atoms with Crippen LogP contribution in [0.5, 0.6) is 0 Å². The van der Waals surface area contributed by atoms with Crippen molar-refractivity contribution in [3.63, 3.8) is 0 Å². The molecule has 3 unspecified atom stereocenters. The fourth-order valence-corrected chi connectivity index (χ4v) is 4.37. The molecular formula is C19H28N2O2S. The number of rotatable bonds is 5. The number of hydrogen-bond acceptors (Lipinski definition) is 3. The van der Waals surface area contributed by atoms with Crippen LogP contribution in [0.25, 0.3) is 0 Å². The van der Waals surface area contributed by atoms with Gasteiger partial charge in [0.25, 0.3) is 5.91 Å². The van der Waals surface area contributed by atoms with Gasteiger partial charge in [-0.1, -0.05) is 39.0 Å². The van der Waals surface area contributed by atoms with E-state index in [9.17, 15) is 9.59 Å². The number of benzene rings is 1. The first-order valence-electron chi connectivity index (χ1n) is 8.67. The predicted octanol–water partition coefficient (Wildman–Crippen LogP) is 3.45. The Bertz CT molecular complexity index is 603. The maximum absolute atomic E-state index is 13.2. The Morgan fingerprint density at radius 2 is 1.96 bits per heavy atom. The summed E-state index contributed by atoms with van der Waals surface area (Å²) in [5.74, 6) is 0.871. The van der Waals surface area contributed by atoms with Gasteiger partial charge in [-0.25, -0.2) is 0 Å². The third kappa shape index (κ3) is 3.94. The Morgan fingerprint density at radius 1 is 1.29 bits per heavy atom. The second kappa shape index (κ2) is 8.06. The van der Waals surface area contributed by atoms with Crippen LogP contribution >= 0.6 is 11.8 Å². The van der Waals surface area contributed by atoms with Crippen LogP contribution in [0.3, 0.4) is 0 Å². The molecule has 5 heteroatoms. The normalized spacial score (nSPS) is 21.8. The minimum Gasteiger partial charge on any atom is -0.352 e. The van der Waals surface area contributed by atoms with Crippen molar-refractivity contribution >= 4 is 23.6 Å². The van der Waals surface area contributed by atoms with Crippen molar-refractivity contribution < 1.29 is 9.59 Å². The fourth-order valence-electron chi connectivity index (χ4n) is 2.89. The van der Waals surface area contributed by atoms with Crippen LogP contribution in [0.4, 0.5) is 0 Å². The molecule has 0 aliphatic carbocycles. The predicted molar refractivity (Wildman–Crippen MR) is 100 cm³/mol. The molecule has 2 rings (SSSR count). The summed E-state index contributed by atoms with van der Waals surface area (Å²) in [6.45, 7) is 10.2. The van der Waals surface area contributed by atoms with Crippen LogP contribution in [0, 0.1) is 12.8 Å². The largest absolute Gasteiger partial charge is 0.352 e. The number of amides is 2. The van der Waals surface area contributed by atoms with Crippen LogP contribution in [0.1, 0.15) is 50.0 Å². The summed E-state index contributed by atoms with van der Waals surface area (Å²) in [6, 6.07) is 7.32. The Kier molecular flexibility index (Phi) is 6.33. The summed E-state index contributed by atoms with van der Waals surface area (Å²) >= 11 is 1.70. The highest BCUT2D eigenvalue weighted by Crippen LogP contribution is 2.35. The SMILES string of the molecule is CCC(C)NC(=O)C1CSC(C(C)C)N1C(=O)c1ccccc1C. The molecule has 24 heavy (non-hydrogen) atoms. The van der Waals surface area contributed by atoms with Crippen molar-refractivity contribution in [1.82, 2.24) is 10.2 Å². The highest BCUT2D eigenvalue weighted by Gasteiger charge is 2.43. The lowest BCUT2D eigenvalue weighted by Gasteiger charge is -2.32. The Morgan fingerprint density at radius 3 is 2.54 bits per heavy atom. The lowest BCUT2D eigenvalue weighted by atomic mass is 10.0. The lowest BCUT2D eigenvalue weighted by molar-refractivity contribution is -0.125. The second-order valence-corrected chi connectivity index (χ2v) is 7.98. The van der Waals surface area contributed by atoms with E-state index >= 15 is 0 Å². The Hall–Kier alpha value is -1.49. The topological polar surface area (TPSA) is 49.4 Å². The molecule has 1 N–H and O–H groups in total. The van der Waals surface area contributed by atoms with Gasteiger partial charge in [-0.05, 0) is 37.8 Å². The van der Waals surface area contributed by atoms with Gasteiger partial charge in [-0.2, -0.15) is 0 Å². The van der Waals surface area contributed by atoms with Gasteiger partial charge in [0, 0.05) is 17.4 Å². The average Bonchev–Trinajstić information content (AvgIpc) is 2.99. The van der Waals surface area contributed by atoms with Crippen LogP contribution in [-0.4, -0.2) is 39.9 Å². The van der Waals surface area contributed by atoms with Crippen LogP contribution in [0.15, 0.2) is 24.3 Å². The van der Waals surface area contributed by atoms with E-state index in [1.54, 1.807) is 16.7 Å². The van der Waals surface area contributed by atoms with Gasteiger partial charge in [0.2, 0.25) is 5.91 Å². The maximum atomic E-state index is 13.2. The van der Waals surface area contributed by atoms with E-state index in [2.05, 4.69) is 19.2 Å². The van der Waals surface area contributed by atoms with Crippen molar-refractivity contribution in [2.24, 2.45) is 5.92 Å². The summed E-state index contributed by atoms with van der Waals surface area (Å²) in [6.07, 6.45) is 0.880. The maximum Gasteiger partial charge on any atom is 0.255 e. The van der Waals surface area contributed by atoms with Gasteiger partial charge >= 0.3 is 0 Å². The van der Waals surface area contributed by atoms with Crippen LogP contribution in [0.2, 0.25) is 0 Å². The zero-order valence-electron chi connectivity index (χ0n) is 15.2. The molecule has 132 valence electrons.